The Morgan fingerprint density at radius 3 is 2.32 bits per heavy atom. The van der Waals surface area contributed by atoms with Crippen LogP contribution in [0.1, 0.15) is 19.8 Å². The van der Waals surface area contributed by atoms with Gasteiger partial charge in [-0.25, -0.2) is 8.42 Å². The summed E-state index contributed by atoms with van der Waals surface area (Å²) in [6, 6.07) is 6.30. The molecule has 7 heteroatoms. The molecule has 1 aromatic rings. The lowest BCUT2D eigenvalue weighted by Crippen LogP contribution is -2.33. The van der Waals surface area contributed by atoms with Gasteiger partial charge in [0.25, 0.3) is 0 Å². The van der Waals surface area contributed by atoms with Crippen molar-refractivity contribution < 1.29 is 18.3 Å². The zero-order valence-electron chi connectivity index (χ0n) is 10.5. The standard InChI is InChI=1S/C12H16BrNO4S/c1-2-8-14(9-7-12(15)16)19(17,18)11-5-3-10(13)4-6-11/h3-6H,2,7-9H2,1H3,(H,15,16). The van der Waals surface area contributed by atoms with E-state index in [2.05, 4.69) is 15.9 Å². The summed E-state index contributed by atoms with van der Waals surface area (Å²) in [7, 11) is -3.63. The fourth-order valence-electron chi connectivity index (χ4n) is 1.58. The number of hydrogen-bond donors (Lipinski definition) is 1. The Morgan fingerprint density at radius 1 is 1.26 bits per heavy atom. The maximum Gasteiger partial charge on any atom is 0.304 e. The van der Waals surface area contributed by atoms with E-state index in [0.717, 1.165) is 4.47 Å². The van der Waals surface area contributed by atoms with E-state index in [4.69, 9.17) is 5.11 Å². The molecule has 19 heavy (non-hydrogen) atoms. The molecule has 0 bridgehead atoms. The van der Waals surface area contributed by atoms with E-state index in [1.165, 1.54) is 16.4 Å². The van der Waals surface area contributed by atoms with Gasteiger partial charge in [0.05, 0.1) is 11.3 Å². The average molecular weight is 350 g/mol. The second-order valence-electron chi connectivity index (χ2n) is 4.00. The minimum Gasteiger partial charge on any atom is -0.481 e. The van der Waals surface area contributed by atoms with Gasteiger partial charge in [-0.05, 0) is 30.7 Å². The molecular weight excluding hydrogens is 334 g/mol. The lowest BCUT2D eigenvalue weighted by Gasteiger charge is -2.20. The van der Waals surface area contributed by atoms with Crippen LogP contribution in [0.3, 0.4) is 0 Å². The van der Waals surface area contributed by atoms with Crippen LogP contribution in [-0.2, 0) is 14.8 Å². The first-order valence-electron chi connectivity index (χ1n) is 5.85. The number of carboxylic acid groups (broad SMARTS) is 1. The van der Waals surface area contributed by atoms with Crippen LogP contribution in [0.25, 0.3) is 0 Å². The number of aliphatic carboxylic acids is 1. The third kappa shape index (κ3) is 4.59. The second-order valence-corrected chi connectivity index (χ2v) is 6.86. The van der Waals surface area contributed by atoms with Crippen molar-refractivity contribution >= 4 is 31.9 Å². The van der Waals surface area contributed by atoms with Gasteiger partial charge in [-0.15, -0.1) is 0 Å². The minimum atomic E-state index is -3.63. The second kappa shape index (κ2) is 7.02. The van der Waals surface area contributed by atoms with Crippen LogP contribution in [0.15, 0.2) is 33.6 Å². The predicted octanol–water partition coefficient (Wildman–Crippen LogP) is 2.32. The Morgan fingerprint density at radius 2 is 1.84 bits per heavy atom. The fourth-order valence-corrected chi connectivity index (χ4v) is 3.37. The summed E-state index contributed by atoms with van der Waals surface area (Å²) in [6.45, 7) is 2.15. The first-order chi connectivity index (χ1) is 8.87. The number of halogens is 1. The van der Waals surface area contributed by atoms with Crippen molar-refractivity contribution in [3.05, 3.63) is 28.7 Å². The number of rotatable bonds is 7. The van der Waals surface area contributed by atoms with Crippen LogP contribution < -0.4 is 0 Å². The maximum atomic E-state index is 12.4. The van der Waals surface area contributed by atoms with Crippen LogP contribution in [0, 0.1) is 0 Å². The first-order valence-corrected chi connectivity index (χ1v) is 8.08. The van der Waals surface area contributed by atoms with E-state index in [1.54, 1.807) is 12.1 Å². The molecule has 1 rings (SSSR count). The largest absolute Gasteiger partial charge is 0.481 e. The molecule has 1 N–H and O–H groups in total. The third-order valence-electron chi connectivity index (χ3n) is 2.50. The molecule has 0 radical (unpaired) electrons. The number of sulfonamides is 1. The number of carbonyl (C=O) groups is 1. The van der Waals surface area contributed by atoms with Gasteiger partial charge >= 0.3 is 5.97 Å². The summed E-state index contributed by atoms with van der Waals surface area (Å²) >= 11 is 3.24. The number of carboxylic acids is 1. The average Bonchev–Trinajstić information content (AvgIpc) is 2.34. The van der Waals surface area contributed by atoms with Gasteiger partial charge in [0, 0.05) is 17.6 Å². The maximum absolute atomic E-state index is 12.4. The monoisotopic (exact) mass is 349 g/mol. The van der Waals surface area contributed by atoms with Gasteiger partial charge in [-0.1, -0.05) is 22.9 Å². The summed E-state index contributed by atoms with van der Waals surface area (Å²) in [5.41, 5.74) is 0. The molecule has 106 valence electrons. The highest BCUT2D eigenvalue weighted by Crippen LogP contribution is 2.19. The van der Waals surface area contributed by atoms with Crippen molar-refractivity contribution in [1.82, 2.24) is 4.31 Å². The molecule has 0 aliphatic heterocycles. The molecule has 0 aliphatic rings. The van der Waals surface area contributed by atoms with Gasteiger partial charge in [0.15, 0.2) is 0 Å². The molecule has 0 aromatic heterocycles. The van der Waals surface area contributed by atoms with Crippen molar-refractivity contribution in [3.8, 4) is 0 Å². The fraction of sp³-hybridized carbons (Fsp3) is 0.417. The highest BCUT2D eigenvalue weighted by molar-refractivity contribution is 9.10. The highest BCUT2D eigenvalue weighted by Gasteiger charge is 2.23. The molecule has 0 heterocycles. The molecule has 0 atom stereocenters. The van der Waals surface area contributed by atoms with Crippen molar-refractivity contribution in [2.45, 2.75) is 24.7 Å². The van der Waals surface area contributed by atoms with Gasteiger partial charge < -0.3 is 5.11 Å². The van der Waals surface area contributed by atoms with Crippen LogP contribution in [0.5, 0.6) is 0 Å². The van der Waals surface area contributed by atoms with E-state index in [9.17, 15) is 13.2 Å². The molecule has 0 saturated carbocycles. The minimum absolute atomic E-state index is 0.0123. The number of hydrogen-bond acceptors (Lipinski definition) is 3. The molecule has 0 unspecified atom stereocenters. The van der Waals surface area contributed by atoms with E-state index in [-0.39, 0.29) is 17.9 Å². The Labute approximate surface area is 121 Å². The zero-order chi connectivity index (χ0) is 14.5. The Balaban J connectivity index is 2.98. The molecule has 0 aliphatic carbocycles. The summed E-state index contributed by atoms with van der Waals surface area (Å²) in [5.74, 6) is -1.01. The van der Waals surface area contributed by atoms with E-state index >= 15 is 0 Å². The third-order valence-corrected chi connectivity index (χ3v) is 4.94. The number of nitrogens with zero attached hydrogens (tertiary/aromatic N) is 1. The predicted molar refractivity (Wildman–Crippen MR) is 75.4 cm³/mol. The summed E-state index contributed by atoms with van der Waals surface area (Å²) in [5, 5.41) is 8.68. The van der Waals surface area contributed by atoms with E-state index < -0.39 is 16.0 Å². The molecule has 0 spiro atoms. The Bertz CT molecular complexity index is 527. The Kier molecular flexibility index (Phi) is 5.96. The Hall–Kier alpha value is -0.920. The summed E-state index contributed by atoms with van der Waals surface area (Å²) < 4.78 is 26.7. The molecule has 0 amide bonds. The molecular formula is C12H16BrNO4S. The molecule has 0 saturated heterocycles. The smallest absolute Gasteiger partial charge is 0.304 e. The lowest BCUT2D eigenvalue weighted by molar-refractivity contribution is -0.137. The van der Waals surface area contributed by atoms with Gasteiger partial charge in [0.1, 0.15) is 0 Å². The van der Waals surface area contributed by atoms with Crippen LogP contribution >= 0.6 is 15.9 Å². The van der Waals surface area contributed by atoms with Crippen molar-refractivity contribution in [2.75, 3.05) is 13.1 Å². The quantitative estimate of drug-likeness (QED) is 0.819. The van der Waals surface area contributed by atoms with Crippen molar-refractivity contribution in [2.24, 2.45) is 0 Å². The topological polar surface area (TPSA) is 74.7 Å². The molecule has 1 aromatic carbocycles. The van der Waals surface area contributed by atoms with Crippen LogP contribution in [0.2, 0.25) is 0 Å². The SMILES string of the molecule is CCCN(CCC(=O)O)S(=O)(=O)c1ccc(Br)cc1. The summed E-state index contributed by atoms with van der Waals surface area (Å²) in [4.78, 5) is 10.8. The first kappa shape index (κ1) is 16.1. The van der Waals surface area contributed by atoms with E-state index in [0.29, 0.717) is 13.0 Å². The van der Waals surface area contributed by atoms with Crippen LogP contribution in [-0.4, -0.2) is 36.9 Å². The molecule has 0 fully saturated rings. The number of benzene rings is 1. The van der Waals surface area contributed by atoms with Crippen LogP contribution in [0.4, 0.5) is 0 Å². The lowest BCUT2D eigenvalue weighted by atomic mass is 10.4. The van der Waals surface area contributed by atoms with Gasteiger partial charge in [0.2, 0.25) is 10.0 Å². The van der Waals surface area contributed by atoms with Gasteiger partial charge in [-0.3, -0.25) is 4.79 Å². The van der Waals surface area contributed by atoms with Crippen molar-refractivity contribution in [3.63, 3.8) is 0 Å². The molecule has 5 nitrogen and oxygen atoms in total. The zero-order valence-corrected chi connectivity index (χ0v) is 12.9. The van der Waals surface area contributed by atoms with Gasteiger partial charge in [-0.2, -0.15) is 4.31 Å². The van der Waals surface area contributed by atoms with E-state index in [1.807, 2.05) is 6.92 Å². The summed E-state index contributed by atoms with van der Waals surface area (Å²) in [6.07, 6.45) is 0.436. The normalized spacial score (nSPS) is 11.7. The highest BCUT2D eigenvalue weighted by atomic mass is 79.9. The van der Waals surface area contributed by atoms with Crippen molar-refractivity contribution in [1.29, 1.82) is 0 Å².